The molecule has 2 aromatic rings. The molecule has 0 aromatic heterocycles. The third kappa shape index (κ3) is 3.65. The molecule has 0 N–H and O–H groups in total. The molecule has 0 bridgehead atoms. The molecular weight excluding hydrogens is 383 g/mol. The molecule has 1 aliphatic rings. The van der Waals surface area contributed by atoms with Crippen LogP contribution in [0.1, 0.15) is 20.8 Å². The predicted octanol–water partition coefficient (Wildman–Crippen LogP) is 6.40. The molecular formula is C21H28ClPS2. The molecule has 0 nitrogen and oxygen atoms in total. The van der Waals surface area contributed by atoms with Crippen molar-refractivity contribution in [2.45, 2.75) is 25.1 Å². The van der Waals surface area contributed by atoms with Crippen molar-refractivity contribution in [2.24, 2.45) is 11.3 Å². The number of benzene rings is 2. The van der Waals surface area contributed by atoms with Crippen molar-refractivity contribution in [2.75, 3.05) is 18.2 Å². The Balaban J connectivity index is 2.03. The molecule has 25 heavy (non-hydrogen) atoms. The van der Waals surface area contributed by atoms with Gasteiger partial charge in [-0.15, -0.1) is 0 Å². The second-order valence-corrected chi connectivity index (χ2v) is 18.7. The standard InChI is InChI=1S/C21H28ClPS2/c1-21(2,3)17-15-24-20(25-16-17)23(4,22,18-11-7-5-8-12-18)19-13-9-6-10-14-19/h5-14,17,20H,15-16H2,1-4H3. The first-order chi connectivity index (χ1) is 11.7. The maximum absolute atomic E-state index is 7.78. The van der Waals surface area contributed by atoms with Crippen molar-refractivity contribution in [1.29, 1.82) is 0 Å². The van der Waals surface area contributed by atoms with E-state index in [1.165, 1.54) is 22.1 Å². The summed E-state index contributed by atoms with van der Waals surface area (Å²) >= 11 is 11.9. The normalized spacial score (nSPS) is 23.6. The number of thioether (sulfide) groups is 2. The van der Waals surface area contributed by atoms with Gasteiger partial charge in [0.05, 0.1) is 0 Å². The summed E-state index contributed by atoms with van der Waals surface area (Å²) in [6.45, 7) is 9.43. The maximum atomic E-state index is 7.78. The van der Waals surface area contributed by atoms with E-state index in [-0.39, 0.29) is 0 Å². The minimum absolute atomic E-state index is 0.362. The van der Waals surface area contributed by atoms with Gasteiger partial charge in [-0.05, 0) is 0 Å². The molecule has 1 heterocycles. The van der Waals surface area contributed by atoms with Gasteiger partial charge >= 0.3 is 167 Å². The van der Waals surface area contributed by atoms with Crippen LogP contribution in [0.2, 0.25) is 0 Å². The zero-order valence-electron chi connectivity index (χ0n) is 15.5. The monoisotopic (exact) mass is 410 g/mol. The average molecular weight is 411 g/mol. The summed E-state index contributed by atoms with van der Waals surface area (Å²) in [5.74, 6) is 0.333. The molecule has 0 atom stereocenters. The Morgan fingerprint density at radius 1 is 0.840 bits per heavy atom. The van der Waals surface area contributed by atoms with Gasteiger partial charge in [-0.1, -0.05) is 0 Å². The van der Waals surface area contributed by atoms with Crippen LogP contribution in [-0.4, -0.2) is 22.5 Å². The predicted molar refractivity (Wildman–Crippen MR) is 122 cm³/mol. The summed E-state index contributed by atoms with van der Waals surface area (Å²) in [6, 6.07) is 21.6. The van der Waals surface area contributed by atoms with E-state index in [4.69, 9.17) is 11.2 Å². The zero-order chi connectivity index (χ0) is 18.2. The van der Waals surface area contributed by atoms with Crippen LogP contribution >= 0.6 is 40.7 Å². The van der Waals surface area contributed by atoms with Crippen LogP contribution in [0.15, 0.2) is 60.7 Å². The van der Waals surface area contributed by atoms with E-state index in [1.54, 1.807) is 0 Å². The quantitative estimate of drug-likeness (QED) is 0.537. The van der Waals surface area contributed by atoms with E-state index in [0.29, 0.717) is 9.74 Å². The number of hydrogen-bond acceptors (Lipinski definition) is 2. The Labute approximate surface area is 166 Å². The topological polar surface area (TPSA) is 0 Å². The first-order valence-corrected chi connectivity index (χ1v) is 14.6. The number of hydrogen-bond donors (Lipinski definition) is 0. The summed E-state index contributed by atoms with van der Waals surface area (Å²) in [5, 5.41) is 2.61. The van der Waals surface area contributed by atoms with E-state index >= 15 is 0 Å². The van der Waals surface area contributed by atoms with Gasteiger partial charge in [-0.25, -0.2) is 0 Å². The Bertz CT molecular complexity index is 658. The molecule has 0 aliphatic carbocycles. The van der Waals surface area contributed by atoms with Crippen molar-refractivity contribution in [3.63, 3.8) is 0 Å². The van der Waals surface area contributed by atoms with Gasteiger partial charge in [-0.3, -0.25) is 0 Å². The number of rotatable bonds is 3. The molecule has 2 aromatic carbocycles. The minimum atomic E-state index is -2.79. The van der Waals surface area contributed by atoms with Gasteiger partial charge in [0.25, 0.3) is 0 Å². The molecule has 0 unspecified atom stereocenters. The third-order valence-corrected chi connectivity index (χ3v) is 18.6. The molecule has 0 saturated carbocycles. The van der Waals surface area contributed by atoms with Gasteiger partial charge in [-0.2, -0.15) is 0 Å². The van der Waals surface area contributed by atoms with Crippen LogP contribution in [0, 0.1) is 11.3 Å². The Morgan fingerprint density at radius 3 is 1.60 bits per heavy atom. The van der Waals surface area contributed by atoms with Crippen LogP contribution in [0.25, 0.3) is 0 Å². The summed E-state index contributed by atoms with van der Waals surface area (Å²) in [4.78, 5) is 0. The number of halogens is 1. The van der Waals surface area contributed by atoms with Gasteiger partial charge in [0.2, 0.25) is 0 Å². The van der Waals surface area contributed by atoms with Crippen molar-refractivity contribution in [1.82, 2.24) is 0 Å². The SMILES string of the molecule is CC(C)(C)C1CSC(P(C)(Cl)(c2ccccc2)c2ccccc2)SC1. The third-order valence-electron chi connectivity index (χ3n) is 5.39. The molecule has 0 spiro atoms. The molecule has 3 rings (SSSR count). The Kier molecular flexibility index (Phi) is 5.58. The second kappa shape index (κ2) is 7.12. The Morgan fingerprint density at radius 2 is 1.24 bits per heavy atom. The second-order valence-electron chi connectivity index (χ2n) is 8.22. The van der Waals surface area contributed by atoms with E-state index in [0.717, 1.165) is 5.92 Å². The fourth-order valence-electron chi connectivity index (χ4n) is 3.33. The van der Waals surface area contributed by atoms with Crippen LogP contribution < -0.4 is 10.6 Å². The van der Waals surface area contributed by atoms with Crippen LogP contribution in [0.4, 0.5) is 0 Å². The fourth-order valence-corrected chi connectivity index (χ4v) is 15.5. The van der Waals surface area contributed by atoms with Crippen LogP contribution in [-0.2, 0) is 0 Å². The fraction of sp³-hybridized carbons (Fsp3) is 0.429. The van der Waals surface area contributed by atoms with Crippen molar-refractivity contribution in [3.8, 4) is 0 Å². The van der Waals surface area contributed by atoms with Crippen molar-refractivity contribution >= 4 is 51.3 Å². The Hall–Kier alpha value is -0.140. The molecule has 1 fully saturated rings. The van der Waals surface area contributed by atoms with Crippen LogP contribution in [0.3, 0.4) is 0 Å². The van der Waals surface area contributed by atoms with Crippen molar-refractivity contribution < 1.29 is 0 Å². The summed E-state index contributed by atoms with van der Waals surface area (Å²) in [6.07, 6.45) is 0. The van der Waals surface area contributed by atoms with Gasteiger partial charge in [0.15, 0.2) is 0 Å². The summed E-state index contributed by atoms with van der Waals surface area (Å²) < 4.78 is 0.399. The average Bonchev–Trinajstić information content (AvgIpc) is 2.63. The molecule has 0 amide bonds. The molecule has 136 valence electrons. The van der Waals surface area contributed by atoms with Gasteiger partial charge in [0.1, 0.15) is 0 Å². The van der Waals surface area contributed by atoms with Crippen LogP contribution in [0.5, 0.6) is 0 Å². The van der Waals surface area contributed by atoms with E-state index in [2.05, 4.69) is 112 Å². The molecule has 0 radical (unpaired) electrons. The zero-order valence-corrected chi connectivity index (χ0v) is 18.8. The van der Waals surface area contributed by atoms with Gasteiger partial charge < -0.3 is 0 Å². The molecule has 1 aliphatic heterocycles. The summed E-state index contributed by atoms with van der Waals surface area (Å²) in [7, 11) is 0. The first-order valence-electron chi connectivity index (χ1n) is 8.80. The van der Waals surface area contributed by atoms with Gasteiger partial charge in [0, 0.05) is 0 Å². The van der Waals surface area contributed by atoms with E-state index in [9.17, 15) is 0 Å². The first kappa shape index (κ1) is 19.6. The van der Waals surface area contributed by atoms with E-state index in [1.807, 2.05) is 0 Å². The van der Waals surface area contributed by atoms with E-state index < -0.39 is 5.96 Å². The molecule has 4 heteroatoms. The molecule has 1 saturated heterocycles. The van der Waals surface area contributed by atoms with Crippen molar-refractivity contribution in [3.05, 3.63) is 60.7 Å². The summed E-state index contributed by atoms with van der Waals surface area (Å²) in [5.41, 5.74) is 0.362.